The van der Waals surface area contributed by atoms with Crippen LogP contribution in [-0.2, 0) is 24.7 Å². The molecule has 0 radical (unpaired) electrons. The number of imide groups is 1. The molecule has 1 aliphatic carbocycles. The van der Waals surface area contributed by atoms with Crippen molar-refractivity contribution in [1.82, 2.24) is 10.2 Å². The molecular formula is C22H25ClN4O4. The summed E-state index contributed by atoms with van der Waals surface area (Å²) in [6, 6.07) is 2.57. The van der Waals surface area contributed by atoms with Crippen molar-refractivity contribution in [3.63, 3.8) is 0 Å². The van der Waals surface area contributed by atoms with Crippen LogP contribution in [0.4, 0.5) is 5.69 Å². The number of anilines is 1. The van der Waals surface area contributed by atoms with Gasteiger partial charge in [-0.1, -0.05) is 36.9 Å². The highest BCUT2D eigenvalue weighted by Gasteiger charge is 2.71. The van der Waals surface area contributed by atoms with Crippen LogP contribution in [0.1, 0.15) is 49.7 Å². The van der Waals surface area contributed by atoms with Crippen LogP contribution in [0.25, 0.3) is 0 Å². The molecule has 3 fully saturated rings. The predicted octanol–water partition coefficient (Wildman–Crippen LogP) is 1.58. The van der Waals surface area contributed by atoms with E-state index in [-0.39, 0.29) is 24.3 Å². The van der Waals surface area contributed by atoms with Gasteiger partial charge in [0.1, 0.15) is 5.54 Å². The second-order valence-electron chi connectivity index (χ2n) is 9.12. The second kappa shape index (κ2) is 7.03. The minimum atomic E-state index is -1.42. The van der Waals surface area contributed by atoms with Gasteiger partial charge in [0.05, 0.1) is 17.5 Å². The number of carbonyl (C=O) groups excluding carboxylic acids is 4. The SMILES string of the molecule is Cc1c(Cl)ccc2c1NC(=O)[C@]21N[C@H](CC(N)=O)[C@H]2C(=O)N(C3CCCCC3)C(=O)[C@H]21. The molecule has 1 aromatic carbocycles. The van der Waals surface area contributed by atoms with Crippen molar-refractivity contribution in [2.45, 2.75) is 63.1 Å². The summed E-state index contributed by atoms with van der Waals surface area (Å²) < 4.78 is 0. The highest BCUT2D eigenvalue weighted by atomic mass is 35.5. The molecule has 4 amide bonds. The fourth-order valence-electron chi connectivity index (χ4n) is 6.10. The Balaban J connectivity index is 1.65. The third-order valence-electron chi connectivity index (χ3n) is 7.48. The molecule has 3 aliphatic heterocycles. The van der Waals surface area contributed by atoms with Gasteiger partial charge in [0.15, 0.2) is 0 Å². The van der Waals surface area contributed by atoms with E-state index in [0.29, 0.717) is 21.8 Å². The Kier molecular flexibility index (Phi) is 4.64. The van der Waals surface area contributed by atoms with Crippen LogP contribution in [0.3, 0.4) is 0 Å². The first-order valence-electron chi connectivity index (χ1n) is 10.8. The number of carbonyl (C=O) groups is 4. The molecule has 3 heterocycles. The summed E-state index contributed by atoms with van der Waals surface area (Å²) >= 11 is 6.26. The number of nitrogens with one attached hydrogen (secondary N) is 2. The zero-order valence-corrected chi connectivity index (χ0v) is 18.0. The van der Waals surface area contributed by atoms with E-state index in [0.717, 1.165) is 32.1 Å². The fourth-order valence-corrected chi connectivity index (χ4v) is 6.26. The number of hydrogen-bond acceptors (Lipinski definition) is 5. The van der Waals surface area contributed by atoms with E-state index in [1.54, 1.807) is 19.1 Å². The summed E-state index contributed by atoms with van der Waals surface area (Å²) in [6.07, 6.45) is 4.43. The summed E-state index contributed by atoms with van der Waals surface area (Å²) in [6.45, 7) is 1.80. The number of likely N-dealkylation sites (tertiary alicyclic amines) is 1. The second-order valence-corrected chi connectivity index (χ2v) is 9.53. The molecule has 1 saturated carbocycles. The molecule has 0 unspecified atom stereocenters. The number of primary amides is 1. The van der Waals surface area contributed by atoms with Crippen LogP contribution >= 0.6 is 11.6 Å². The Morgan fingerprint density at radius 2 is 1.90 bits per heavy atom. The Bertz CT molecular complexity index is 1020. The lowest BCUT2D eigenvalue weighted by Gasteiger charge is -2.33. The van der Waals surface area contributed by atoms with Gasteiger partial charge in [-0.25, -0.2) is 0 Å². The Morgan fingerprint density at radius 3 is 2.58 bits per heavy atom. The van der Waals surface area contributed by atoms with E-state index in [1.165, 1.54) is 4.90 Å². The standard InChI is InChI=1S/C22H25ClN4O4/c1-10-13(23)8-7-12-18(10)25-21(31)22(12)17-16(14(26-22)9-15(24)28)19(29)27(20(17)30)11-5-3-2-4-6-11/h7-8,11,14,16-17,26H,2-6,9H2,1H3,(H2,24,28)(H,25,31)/t14-,16-,17+,22+/m1/s1. The Labute approximate surface area is 184 Å². The number of nitrogens with zero attached hydrogens (tertiary/aromatic N) is 1. The number of halogens is 1. The van der Waals surface area contributed by atoms with Gasteiger partial charge in [-0.15, -0.1) is 0 Å². The van der Waals surface area contributed by atoms with E-state index >= 15 is 0 Å². The number of hydrogen-bond donors (Lipinski definition) is 3. The molecule has 5 rings (SSSR count). The highest BCUT2D eigenvalue weighted by molar-refractivity contribution is 6.32. The molecule has 0 bridgehead atoms. The maximum Gasteiger partial charge on any atom is 0.250 e. The molecule has 1 spiro atoms. The quantitative estimate of drug-likeness (QED) is 0.611. The average molecular weight is 445 g/mol. The van der Waals surface area contributed by atoms with Gasteiger partial charge >= 0.3 is 0 Å². The van der Waals surface area contributed by atoms with E-state index in [2.05, 4.69) is 10.6 Å². The lowest BCUT2D eigenvalue weighted by Crippen LogP contribution is -2.54. The maximum atomic E-state index is 13.7. The van der Waals surface area contributed by atoms with E-state index in [4.69, 9.17) is 17.3 Å². The van der Waals surface area contributed by atoms with Crippen molar-refractivity contribution in [3.8, 4) is 0 Å². The Morgan fingerprint density at radius 1 is 1.19 bits per heavy atom. The van der Waals surface area contributed by atoms with E-state index in [1.807, 2.05) is 0 Å². The van der Waals surface area contributed by atoms with Crippen molar-refractivity contribution in [1.29, 1.82) is 0 Å². The molecule has 2 saturated heterocycles. The van der Waals surface area contributed by atoms with Crippen molar-refractivity contribution in [2.24, 2.45) is 17.6 Å². The molecule has 8 nitrogen and oxygen atoms in total. The lowest BCUT2D eigenvalue weighted by molar-refractivity contribution is -0.146. The van der Waals surface area contributed by atoms with Crippen LogP contribution in [-0.4, -0.2) is 40.6 Å². The summed E-state index contributed by atoms with van der Waals surface area (Å²) in [5.41, 5.74) is 5.88. The van der Waals surface area contributed by atoms with Gasteiger partial charge in [0.2, 0.25) is 23.6 Å². The normalized spacial score (nSPS) is 32.5. The predicted molar refractivity (Wildman–Crippen MR) is 113 cm³/mol. The third-order valence-corrected chi connectivity index (χ3v) is 7.89. The van der Waals surface area contributed by atoms with Crippen LogP contribution in [0.15, 0.2) is 12.1 Å². The van der Waals surface area contributed by atoms with Crippen molar-refractivity contribution in [3.05, 3.63) is 28.3 Å². The monoisotopic (exact) mass is 444 g/mol. The number of nitrogens with two attached hydrogens (primary N) is 1. The zero-order chi connectivity index (χ0) is 22.1. The topological polar surface area (TPSA) is 122 Å². The lowest BCUT2D eigenvalue weighted by atomic mass is 9.76. The summed E-state index contributed by atoms with van der Waals surface area (Å²) in [5, 5.41) is 6.58. The molecule has 0 aromatic heterocycles. The fraction of sp³-hybridized carbons (Fsp3) is 0.545. The summed E-state index contributed by atoms with van der Waals surface area (Å²) in [5.74, 6) is -3.36. The first-order chi connectivity index (χ1) is 14.8. The van der Waals surface area contributed by atoms with Crippen molar-refractivity contribution < 1.29 is 19.2 Å². The minimum absolute atomic E-state index is 0.129. The molecule has 164 valence electrons. The van der Waals surface area contributed by atoms with Gasteiger partial charge in [-0.05, 0) is 31.4 Å². The highest BCUT2D eigenvalue weighted by Crippen LogP contribution is 2.55. The number of amides is 4. The van der Waals surface area contributed by atoms with Gasteiger partial charge in [-0.2, -0.15) is 0 Å². The van der Waals surface area contributed by atoms with Crippen molar-refractivity contribution >= 4 is 40.9 Å². The largest absolute Gasteiger partial charge is 0.370 e. The van der Waals surface area contributed by atoms with E-state index < -0.39 is 35.2 Å². The van der Waals surface area contributed by atoms with E-state index in [9.17, 15) is 19.2 Å². The van der Waals surface area contributed by atoms with Gasteiger partial charge < -0.3 is 11.1 Å². The first-order valence-corrected chi connectivity index (χ1v) is 11.2. The summed E-state index contributed by atoms with van der Waals surface area (Å²) in [4.78, 5) is 53.9. The number of rotatable bonds is 3. The third kappa shape index (κ3) is 2.70. The summed E-state index contributed by atoms with van der Waals surface area (Å²) in [7, 11) is 0. The smallest absolute Gasteiger partial charge is 0.250 e. The van der Waals surface area contributed by atoms with Crippen LogP contribution in [0, 0.1) is 18.8 Å². The molecule has 4 aliphatic rings. The van der Waals surface area contributed by atoms with Gasteiger partial charge in [-0.3, -0.25) is 29.4 Å². The van der Waals surface area contributed by atoms with Crippen LogP contribution < -0.4 is 16.4 Å². The number of benzene rings is 1. The molecule has 4 atom stereocenters. The molecule has 31 heavy (non-hydrogen) atoms. The van der Waals surface area contributed by atoms with Gasteiger partial charge in [0.25, 0.3) is 0 Å². The van der Waals surface area contributed by atoms with Crippen LogP contribution in [0.2, 0.25) is 5.02 Å². The Hall–Kier alpha value is -2.45. The molecular weight excluding hydrogens is 420 g/mol. The number of fused-ring (bicyclic) bond motifs is 4. The maximum absolute atomic E-state index is 13.7. The average Bonchev–Trinajstić information content (AvgIpc) is 3.30. The zero-order valence-electron chi connectivity index (χ0n) is 17.2. The molecule has 1 aromatic rings. The molecule has 4 N–H and O–H groups in total. The van der Waals surface area contributed by atoms with Crippen molar-refractivity contribution in [2.75, 3.05) is 5.32 Å². The molecule has 9 heteroatoms. The van der Waals surface area contributed by atoms with Crippen LogP contribution in [0.5, 0.6) is 0 Å². The minimum Gasteiger partial charge on any atom is -0.370 e. The first kappa shape index (κ1) is 20.5. The van der Waals surface area contributed by atoms with Gasteiger partial charge in [0, 0.05) is 29.1 Å².